The molecule has 1 aromatic rings. The molecule has 1 aliphatic heterocycles. The van der Waals surface area contributed by atoms with Crippen LogP contribution in [0.25, 0.3) is 0 Å². The number of carbonyl (C=O) groups is 1. The van der Waals surface area contributed by atoms with E-state index < -0.39 is 0 Å². The molecule has 0 N–H and O–H groups in total. The maximum absolute atomic E-state index is 12.1. The molecule has 2 rings (SSSR count). The molecule has 1 amide bonds. The van der Waals surface area contributed by atoms with Crippen molar-refractivity contribution in [3.8, 4) is 11.5 Å². The van der Waals surface area contributed by atoms with Gasteiger partial charge in [-0.2, -0.15) is 0 Å². The fourth-order valence-electron chi connectivity index (χ4n) is 3.65. The van der Waals surface area contributed by atoms with Gasteiger partial charge in [-0.25, -0.2) is 4.79 Å². The second-order valence-corrected chi connectivity index (χ2v) is 6.21. The third-order valence-corrected chi connectivity index (χ3v) is 5.07. The monoisotopic (exact) mass is 350 g/mol. The van der Waals surface area contributed by atoms with E-state index in [4.69, 9.17) is 14.2 Å². The molecule has 1 atom stereocenters. The minimum atomic E-state index is -0.314. The van der Waals surface area contributed by atoms with Crippen LogP contribution in [0.15, 0.2) is 6.07 Å². The first kappa shape index (κ1) is 19.4. The molecule has 0 bridgehead atoms. The molecule has 6 nitrogen and oxygen atoms in total. The minimum absolute atomic E-state index is 0.123. The predicted molar refractivity (Wildman–Crippen MR) is 97.4 cm³/mol. The van der Waals surface area contributed by atoms with Crippen molar-refractivity contribution in [2.24, 2.45) is 0 Å². The lowest BCUT2D eigenvalue weighted by molar-refractivity contribution is 0.104. The van der Waals surface area contributed by atoms with Crippen LogP contribution < -0.4 is 9.47 Å². The van der Waals surface area contributed by atoms with Crippen molar-refractivity contribution in [2.75, 3.05) is 41.0 Å². The van der Waals surface area contributed by atoms with Crippen molar-refractivity contribution in [3.05, 3.63) is 22.8 Å². The molecule has 0 aliphatic carbocycles. The molecule has 0 saturated carbocycles. The Bertz CT molecular complexity index is 614. The predicted octanol–water partition coefficient (Wildman–Crippen LogP) is 3.23. The minimum Gasteiger partial charge on any atom is -0.496 e. The summed E-state index contributed by atoms with van der Waals surface area (Å²) in [6.45, 7) is 9.69. The number of hydrogen-bond donors (Lipinski definition) is 0. The van der Waals surface area contributed by atoms with Gasteiger partial charge in [-0.15, -0.1) is 0 Å². The Morgan fingerprint density at radius 1 is 1.24 bits per heavy atom. The van der Waals surface area contributed by atoms with E-state index in [2.05, 4.69) is 18.7 Å². The normalized spacial score (nSPS) is 16.6. The second kappa shape index (κ2) is 8.43. The number of carbonyl (C=O) groups excluding carboxylic acids is 1. The quantitative estimate of drug-likeness (QED) is 0.788. The highest BCUT2D eigenvalue weighted by molar-refractivity contribution is 5.70. The Hall–Kier alpha value is -1.95. The van der Waals surface area contributed by atoms with Gasteiger partial charge in [-0.05, 0) is 32.5 Å². The number of nitrogens with zero attached hydrogens (tertiary/aromatic N) is 2. The van der Waals surface area contributed by atoms with Crippen molar-refractivity contribution >= 4 is 6.09 Å². The number of rotatable bonds is 6. The Labute approximate surface area is 150 Å². The van der Waals surface area contributed by atoms with Gasteiger partial charge in [-0.3, -0.25) is 4.90 Å². The first-order chi connectivity index (χ1) is 12.0. The fourth-order valence-corrected chi connectivity index (χ4v) is 3.65. The molecule has 1 aliphatic rings. The average molecular weight is 350 g/mol. The fraction of sp³-hybridized carbons (Fsp3) is 0.632. The highest BCUT2D eigenvalue weighted by atomic mass is 16.5. The highest BCUT2D eigenvalue weighted by Gasteiger charge is 2.34. The molecule has 0 aromatic heterocycles. The number of ether oxygens (including phenoxy) is 3. The van der Waals surface area contributed by atoms with Crippen LogP contribution in [0.4, 0.5) is 4.79 Å². The number of methoxy groups -OCH3 is 3. The van der Waals surface area contributed by atoms with Gasteiger partial charge in [0.2, 0.25) is 0 Å². The van der Waals surface area contributed by atoms with E-state index in [-0.39, 0.29) is 12.1 Å². The van der Waals surface area contributed by atoms with Crippen LogP contribution in [0.2, 0.25) is 0 Å². The average Bonchev–Trinajstić information content (AvgIpc) is 2.64. The summed E-state index contributed by atoms with van der Waals surface area (Å²) < 4.78 is 16.4. The van der Waals surface area contributed by atoms with Crippen LogP contribution in [-0.2, 0) is 17.7 Å². The van der Waals surface area contributed by atoms with Crippen molar-refractivity contribution in [1.82, 2.24) is 9.80 Å². The van der Waals surface area contributed by atoms with Gasteiger partial charge in [0.1, 0.15) is 11.5 Å². The number of hydrogen-bond acceptors (Lipinski definition) is 5. The zero-order chi connectivity index (χ0) is 18.6. The summed E-state index contributed by atoms with van der Waals surface area (Å²) in [5.41, 5.74) is 3.27. The molecule has 1 unspecified atom stereocenters. The van der Waals surface area contributed by atoms with Gasteiger partial charge in [0.25, 0.3) is 0 Å². The van der Waals surface area contributed by atoms with Gasteiger partial charge < -0.3 is 19.1 Å². The van der Waals surface area contributed by atoms with Crippen molar-refractivity contribution in [2.45, 2.75) is 39.8 Å². The summed E-state index contributed by atoms with van der Waals surface area (Å²) in [6, 6.07) is 1.93. The number of benzene rings is 1. The van der Waals surface area contributed by atoms with Crippen molar-refractivity contribution < 1.29 is 19.0 Å². The molecule has 140 valence electrons. The van der Waals surface area contributed by atoms with E-state index in [9.17, 15) is 4.79 Å². The maximum Gasteiger partial charge on any atom is 0.409 e. The molecule has 0 fully saturated rings. The number of fused-ring (bicyclic) bond motifs is 1. The van der Waals surface area contributed by atoms with Gasteiger partial charge in [-0.1, -0.05) is 13.8 Å². The molecule has 0 spiro atoms. The van der Waals surface area contributed by atoms with Crippen LogP contribution in [0, 0.1) is 0 Å². The van der Waals surface area contributed by atoms with E-state index in [1.54, 1.807) is 19.1 Å². The SMILES string of the molecule is CCN(CC)Cc1cc(OC)c2c(c1OC)CCN(C(=O)OC)C2C. The van der Waals surface area contributed by atoms with Gasteiger partial charge in [0.05, 0.1) is 27.4 Å². The van der Waals surface area contributed by atoms with Gasteiger partial charge in [0.15, 0.2) is 0 Å². The molecule has 0 radical (unpaired) electrons. The lowest BCUT2D eigenvalue weighted by Crippen LogP contribution is -2.39. The zero-order valence-electron chi connectivity index (χ0n) is 16.2. The largest absolute Gasteiger partial charge is 0.496 e. The van der Waals surface area contributed by atoms with Crippen LogP contribution in [0.3, 0.4) is 0 Å². The second-order valence-electron chi connectivity index (χ2n) is 6.21. The molecular weight excluding hydrogens is 320 g/mol. The summed E-state index contributed by atoms with van der Waals surface area (Å²) >= 11 is 0. The number of amides is 1. The summed E-state index contributed by atoms with van der Waals surface area (Å²) in [6.07, 6.45) is 0.409. The summed E-state index contributed by atoms with van der Waals surface area (Å²) in [4.78, 5) is 16.1. The van der Waals surface area contributed by atoms with E-state index in [1.165, 1.54) is 7.11 Å². The van der Waals surface area contributed by atoms with Crippen LogP contribution in [0.5, 0.6) is 11.5 Å². The Morgan fingerprint density at radius 3 is 2.44 bits per heavy atom. The topological polar surface area (TPSA) is 51.2 Å². The molecule has 1 aromatic carbocycles. The molecule has 1 heterocycles. The standard InChI is InChI=1S/C19H30N2O4/c1-7-20(8-2)12-14-11-16(23-4)17-13(3)21(19(22)25-6)10-9-15(17)18(14)24-5/h11,13H,7-10,12H2,1-6H3. The smallest absolute Gasteiger partial charge is 0.409 e. The summed E-state index contributed by atoms with van der Waals surface area (Å²) in [5.74, 6) is 1.72. The molecule has 6 heteroatoms. The summed E-state index contributed by atoms with van der Waals surface area (Å²) in [7, 11) is 4.80. The van der Waals surface area contributed by atoms with E-state index in [0.29, 0.717) is 6.54 Å². The first-order valence-corrected chi connectivity index (χ1v) is 8.85. The van der Waals surface area contributed by atoms with E-state index in [1.807, 2.05) is 13.0 Å². The molecular formula is C19H30N2O4. The van der Waals surface area contributed by atoms with Crippen LogP contribution >= 0.6 is 0 Å². The van der Waals surface area contributed by atoms with Crippen LogP contribution in [0.1, 0.15) is 43.5 Å². The Morgan fingerprint density at radius 2 is 1.92 bits per heavy atom. The van der Waals surface area contributed by atoms with E-state index >= 15 is 0 Å². The van der Waals surface area contributed by atoms with Crippen molar-refractivity contribution in [1.29, 1.82) is 0 Å². The van der Waals surface area contributed by atoms with E-state index in [0.717, 1.165) is 54.2 Å². The lowest BCUT2D eigenvalue weighted by Gasteiger charge is -2.36. The summed E-state index contributed by atoms with van der Waals surface area (Å²) in [5, 5.41) is 0. The lowest BCUT2D eigenvalue weighted by atomic mass is 9.89. The van der Waals surface area contributed by atoms with Crippen molar-refractivity contribution in [3.63, 3.8) is 0 Å². The Kier molecular flexibility index (Phi) is 6.53. The first-order valence-electron chi connectivity index (χ1n) is 8.85. The third kappa shape index (κ3) is 3.68. The molecule has 0 saturated heterocycles. The van der Waals surface area contributed by atoms with Crippen LogP contribution in [-0.4, -0.2) is 56.9 Å². The van der Waals surface area contributed by atoms with Gasteiger partial charge in [0, 0.05) is 29.8 Å². The highest BCUT2D eigenvalue weighted by Crippen LogP contribution is 2.43. The molecule has 25 heavy (non-hydrogen) atoms. The third-order valence-electron chi connectivity index (χ3n) is 5.07. The zero-order valence-corrected chi connectivity index (χ0v) is 16.2. The van der Waals surface area contributed by atoms with Gasteiger partial charge >= 0.3 is 6.09 Å². The maximum atomic E-state index is 12.1. The Balaban J connectivity index is 2.52.